The number of benzene rings is 1. The lowest BCUT2D eigenvalue weighted by Crippen LogP contribution is -2.28. The van der Waals surface area contributed by atoms with E-state index < -0.39 is 0 Å². The summed E-state index contributed by atoms with van der Waals surface area (Å²) < 4.78 is 5.55. The molecule has 5 nitrogen and oxygen atoms in total. The van der Waals surface area contributed by atoms with Crippen LogP contribution in [0.5, 0.6) is 5.75 Å². The highest BCUT2D eigenvalue weighted by Gasteiger charge is 2.22. The standard InChI is InChI=1S/C18H24N2O3S/c1-5-14(13-9-7-8-10-15(13)21)20-17(22)16-11(3)19-18(24-16)12(4)23-6-2/h7-10,12,14,21H,5-6H2,1-4H3,(H,20,22). The average Bonchev–Trinajstić information content (AvgIpc) is 2.95. The molecule has 2 rings (SSSR count). The van der Waals surface area contributed by atoms with Crippen LogP contribution in [0.4, 0.5) is 0 Å². The molecule has 2 aromatic rings. The number of phenols is 1. The fraction of sp³-hybridized carbons (Fsp3) is 0.444. The summed E-state index contributed by atoms with van der Waals surface area (Å²) >= 11 is 1.36. The van der Waals surface area contributed by atoms with Crippen molar-refractivity contribution in [1.82, 2.24) is 10.3 Å². The Morgan fingerprint density at radius 3 is 2.71 bits per heavy atom. The van der Waals surface area contributed by atoms with E-state index in [1.165, 1.54) is 11.3 Å². The zero-order chi connectivity index (χ0) is 17.7. The Labute approximate surface area is 146 Å². The van der Waals surface area contributed by atoms with Gasteiger partial charge in [-0.15, -0.1) is 11.3 Å². The highest BCUT2D eigenvalue weighted by molar-refractivity contribution is 7.13. The normalized spacial score (nSPS) is 13.5. The van der Waals surface area contributed by atoms with E-state index in [4.69, 9.17) is 4.74 Å². The fourth-order valence-electron chi connectivity index (χ4n) is 2.53. The molecule has 0 aliphatic rings. The average molecular weight is 348 g/mol. The predicted molar refractivity (Wildman–Crippen MR) is 95.5 cm³/mol. The molecule has 0 fully saturated rings. The molecule has 130 valence electrons. The lowest BCUT2D eigenvalue weighted by atomic mass is 10.0. The second kappa shape index (κ2) is 8.26. The van der Waals surface area contributed by atoms with Crippen molar-refractivity contribution in [2.45, 2.75) is 46.3 Å². The molecular formula is C18H24N2O3S. The van der Waals surface area contributed by atoms with Crippen LogP contribution in [0.3, 0.4) is 0 Å². The van der Waals surface area contributed by atoms with Gasteiger partial charge in [0.15, 0.2) is 0 Å². The largest absolute Gasteiger partial charge is 0.508 e. The summed E-state index contributed by atoms with van der Waals surface area (Å²) in [6.45, 7) is 8.27. The number of phenolic OH excluding ortho intramolecular Hbond substituents is 1. The van der Waals surface area contributed by atoms with E-state index in [1.807, 2.05) is 39.8 Å². The zero-order valence-corrected chi connectivity index (χ0v) is 15.3. The lowest BCUT2D eigenvalue weighted by molar-refractivity contribution is 0.0761. The van der Waals surface area contributed by atoms with Gasteiger partial charge in [-0.05, 0) is 33.3 Å². The van der Waals surface area contributed by atoms with Crippen LogP contribution in [0.2, 0.25) is 0 Å². The Morgan fingerprint density at radius 2 is 2.08 bits per heavy atom. The molecule has 1 aromatic carbocycles. The van der Waals surface area contributed by atoms with Crippen molar-refractivity contribution in [3.8, 4) is 5.75 Å². The first-order chi connectivity index (χ1) is 11.5. The third kappa shape index (κ3) is 4.13. The number of aromatic nitrogens is 1. The summed E-state index contributed by atoms with van der Waals surface area (Å²) in [5, 5.41) is 13.8. The summed E-state index contributed by atoms with van der Waals surface area (Å²) in [7, 11) is 0. The number of hydrogen-bond acceptors (Lipinski definition) is 5. The van der Waals surface area contributed by atoms with Crippen molar-refractivity contribution in [2.75, 3.05) is 6.61 Å². The molecule has 0 aliphatic carbocycles. The van der Waals surface area contributed by atoms with Crippen LogP contribution in [0.1, 0.15) is 65.3 Å². The monoisotopic (exact) mass is 348 g/mol. The molecule has 2 unspecified atom stereocenters. The summed E-state index contributed by atoms with van der Waals surface area (Å²) in [5.41, 5.74) is 1.42. The van der Waals surface area contributed by atoms with Crippen LogP contribution in [-0.2, 0) is 4.74 Å². The topological polar surface area (TPSA) is 71.5 Å². The third-order valence-corrected chi connectivity index (χ3v) is 5.13. The Balaban J connectivity index is 2.18. The van der Waals surface area contributed by atoms with Crippen molar-refractivity contribution in [3.63, 3.8) is 0 Å². The molecule has 1 aromatic heterocycles. The summed E-state index contributed by atoms with van der Waals surface area (Å²) in [6.07, 6.45) is 0.559. The number of aryl methyl sites for hydroxylation is 1. The van der Waals surface area contributed by atoms with Gasteiger partial charge in [0.25, 0.3) is 5.91 Å². The molecule has 0 bridgehead atoms. The molecule has 1 amide bonds. The maximum Gasteiger partial charge on any atom is 0.263 e. The van der Waals surface area contributed by atoms with E-state index in [0.717, 1.165) is 10.6 Å². The first-order valence-corrected chi connectivity index (χ1v) is 8.97. The molecule has 0 aliphatic heterocycles. The molecule has 0 saturated carbocycles. The number of nitrogens with zero attached hydrogens (tertiary/aromatic N) is 1. The third-order valence-electron chi connectivity index (χ3n) is 3.81. The minimum Gasteiger partial charge on any atom is -0.508 e. The van der Waals surface area contributed by atoms with Gasteiger partial charge in [-0.2, -0.15) is 0 Å². The summed E-state index contributed by atoms with van der Waals surface area (Å²) in [5.74, 6) is 0.0198. The SMILES string of the molecule is CCOC(C)c1nc(C)c(C(=O)NC(CC)c2ccccc2O)s1. The van der Waals surface area contributed by atoms with Crippen LogP contribution in [0, 0.1) is 6.92 Å². The van der Waals surface area contributed by atoms with Crippen LogP contribution < -0.4 is 5.32 Å². The van der Waals surface area contributed by atoms with Gasteiger partial charge in [-0.1, -0.05) is 25.1 Å². The van der Waals surface area contributed by atoms with Gasteiger partial charge in [-0.3, -0.25) is 4.79 Å². The van der Waals surface area contributed by atoms with Crippen LogP contribution >= 0.6 is 11.3 Å². The second-order valence-corrected chi connectivity index (χ2v) is 6.59. The first kappa shape index (κ1) is 18.4. The van der Waals surface area contributed by atoms with E-state index in [1.54, 1.807) is 12.1 Å². The van der Waals surface area contributed by atoms with Gasteiger partial charge in [0.05, 0.1) is 11.7 Å². The molecule has 0 spiro atoms. The molecule has 0 radical (unpaired) electrons. The molecule has 6 heteroatoms. The van der Waals surface area contributed by atoms with E-state index in [2.05, 4.69) is 10.3 Å². The number of hydrogen-bond donors (Lipinski definition) is 2. The maximum atomic E-state index is 12.7. The fourth-order valence-corrected chi connectivity index (χ4v) is 3.50. The molecule has 1 heterocycles. The lowest BCUT2D eigenvalue weighted by Gasteiger charge is -2.18. The Morgan fingerprint density at radius 1 is 1.38 bits per heavy atom. The molecule has 2 atom stereocenters. The van der Waals surface area contributed by atoms with Gasteiger partial charge in [0.1, 0.15) is 21.7 Å². The number of carbonyl (C=O) groups is 1. The van der Waals surface area contributed by atoms with Gasteiger partial charge < -0.3 is 15.2 Å². The van der Waals surface area contributed by atoms with Gasteiger partial charge in [0.2, 0.25) is 0 Å². The highest BCUT2D eigenvalue weighted by Crippen LogP contribution is 2.29. The highest BCUT2D eigenvalue weighted by atomic mass is 32.1. The van der Waals surface area contributed by atoms with E-state index in [-0.39, 0.29) is 23.8 Å². The molecule has 0 saturated heterocycles. The first-order valence-electron chi connectivity index (χ1n) is 8.15. The molecule has 24 heavy (non-hydrogen) atoms. The minimum absolute atomic E-state index is 0.125. The van der Waals surface area contributed by atoms with Crippen molar-refractivity contribution in [2.24, 2.45) is 0 Å². The number of thiazole rings is 1. The van der Waals surface area contributed by atoms with Gasteiger partial charge >= 0.3 is 0 Å². The van der Waals surface area contributed by atoms with Crippen LogP contribution in [0.15, 0.2) is 24.3 Å². The Bertz CT molecular complexity index is 699. The number of nitrogens with one attached hydrogen (secondary N) is 1. The van der Waals surface area contributed by atoms with Crippen LogP contribution in [0.25, 0.3) is 0 Å². The Hall–Kier alpha value is -1.92. The summed E-state index contributed by atoms with van der Waals surface area (Å²) in [4.78, 5) is 17.7. The maximum absolute atomic E-state index is 12.7. The number of carbonyl (C=O) groups excluding carboxylic acids is 1. The number of ether oxygens (including phenoxy) is 1. The van der Waals surface area contributed by atoms with Crippen molar-refractivity contribution in [3.05, 3.63) is 45.4 Å². The summed E-state index contributed by atoms with van der Waals surface area (Å²) in [6, 6.07) is 6.83. The van der Waals surface area contributed by atoms with Crippen molar-refractivity contribution >= 4 is 17.2 Å². The number of aromatic hydroxyl groups is 1. The Kier molecular flexibility index (Phi) is 6.34. The molecular weight excluding hydrogens is 324 g/mol. The van der Waals surface area contributed by atoms with E-state index in [0.29, 0.717) is 23.6 Å². The molecule has 2 N–H and O–H groups in total. The predicted octanol–water partition coefficient (Wildman–Crippen LogP) is 4.14. The van der Waals surface area contributed by atoms with E-state index >= 15 is 0 Å². The second-order valence-electron chi connectivity index (χ2n) is 5.56. The van der Waals surface area contributed by atoms with E-state index in [9.17, 15) is 9.90 Å². The minimum atomic E-state index is -0.243. The van der Waals surface area contributed by atoms with Gasteiger partial charge in [0, 0.05) is 12.2 Å². The zero-order valence-electron chi connectivity index (χ0n) is 14.5. The van der Waals surface area contributed by atoms with Gasteiger partial charge in [-0.25, -0.2) is 4.98 Å². The number of para-hydroxylation sites is 1. The van der Waals surface area contributed by atoms with Crippen molar-refractivity contribution < 1.29 is 14.6 Å². The van der Waals surface area contributed by atoms with Crippen molar-refractivity contribution in [1.29, 1.82) is 0 Å². The quantitative estimate of drug-likeness (QED) is 0.789. The number of rotatable bonds is 7. The number of amides is 1. The van der Waals surface area contributed by atoms with Crippen LogP contribution in [-0.4, -0.2) is 22.6 Å². The smallest absolute Gasteiger partial charge is 0.263 e.